The number of nitrogens with two attached hydrogens (primary N) is 1. The number of ether oxygens (including phenoxy) is 1. The van der Waals surface area contributed by atoms with E-state index in [9.17, 15) is 8.42 Å². The van der Waals surface area contributed by atoms with E-state index in [-0.39, 0.29) is 23.7 Å². The van der Waals surface area contributed by atoms with E-state index in [0.717, 1.165) is 10.0 Å². The van der Waals surface area contributed by atoms with Crippen LogP contribution >= 0.6 is 15.9 Å². The second-order valence-electron chi connectivity index (χ2n) is 4.74. The molecule has 1 aromatic carbocycles. The molecule has 0 aliphatic rings. The molecule has 0 bridgehead atoms. The summed E-state index contributed by atoms with van der Waals surface area (Å²) in [5.41, 5.74) is 6.72. The van der Waals surface area contributed by atoms with E-state index < -0.39 is 9.84 Å². The van der Waals surface area contributed by atoms with Gasteiger partial charge in [-0.15, -0.1) is 0 Å². The van der Waals surface area contributed by atoms with Crippen LogP contribution in [0.1, 0.15) is 32.4 Å². The number of halogens is 1. The largest absolute Gasteiger partial charge is 0.492 e. The maximum Gasteiger partial charge on any atom is 0.155 e. The van der Waals surface area contributed by atoms with Crippen molar-refractivity contribution >= 4 is 25.8 Å². The Morgan fingerprint density at radius 3 is 2.47 bits per heavy atom. The Labute approximate surface area is 123 Å². The normalized spacial score (nSPS) is 13.6. The molecule has 0 aliphatic heterocycles. The summed E-state index contributed by atoms with van der Waals surface area (Å²) in [6.07, 6.45) is 0. The van der Waals surface area contributed by atoms with Crippen LogP contribution in [0.15, 0.2) is 22.7 Å². The van der Waals surface area contributed by atoms with Crippen molar-refractivity contribution < 1.29 is 13.2 Å². The lowest BCUT2D eigenvalue weighted by Gasteiger charge is -2.15. The SMILES string of the molecule is CC(N)c1ccc(Br)cc1OCCS(=O)(=O)C(C)C. The molecule has 0 aromatic heterocycles. The first-order chi connectivity index (χ1) is 8.74. The fourth-order valence-electron chi connectivity index (χ4n) is 1.51. The lowest BCUT2D eigenvalue weighted by molar-refractivity contribution is 0.335. The summed E-state index contributed by atoms with van der Waals surface area (Å²) in [6, 6.07) is 5.41. The Balaban J connectivity index is 2.75. The Morgan fingerprint density at radius 2 is 1.95 bits per heavy atom. The Kier molecular flexibility index (Phi) is 5.82. The van der Waals surface area contributed by atoms with Gasteiger partial charge in [-0.3, -0.25) is 0 Å². The van der Waals surface area contributed by atoms with Crippen molar-refractivity contribution in [1.29, 1.82) is 0 Å². The number of hydrogen-bond donors (Lipinski definition) is 1. The quantitative estimate of drug-likeness (QED) is 0.856. The molecule has 6 heteroatoms. The minimum absolute atomic E-state index is 0.00950. The van der Waals surface area contributed by atoms with Gasteiger partial charge < -0.3 is 10.5 Å². The third kappa shape index (κ3) is 4.78. The third-order valence-electron chi connectivity index (χ3n) is 2.81. The van der Waals surface area contributed by atoms with E-state index >= 15 is 0 Å². The van der Waals surface area contributed by atoms with Gasteiger partial charge in [-0.05, 0) is 32.9 Å². The lowest BCUT2D eigenvalue weighted by atomic mass is 10.1. The van der Waals surface area contributed by atoms with Crippen molar-refractivity contribution in [3.05, 3.63) is 28.2 Å². The first-order valence-electron chi connectivity index (χ1n) is 6.13. The number of sulfone groups is 1. The van der Waals surface area contributed by atoms with E-state index in [0.29, 0.717) is 5.75 Å². The Morgan fingerprint density at radius 1 is 1.32 bits per heavy atom. The highest BCUT2D eigenvalue weighted by molar-refractivity contribution is 9.10. The maximum atomic E-state index is 11.7. The molecule has 1 unspecified atom stereocenters. The van der Waals surface area contributed by atoms with Gasteiger partial charge in [0.2, 0.25) is 0 Å². The summed E-state index contributed by atoms with van der Waals surface area (Å²) >= 11 is 3.36. The minimum atomic E-state index is -3.08. The van der Waals surface area contributed by atoms with Crippen LogP contribution in [-0.4, -0.2) is 26.0 Å². The highest BCUT2D eigenvalue weighted by atomic mass is 79.9. The van der Waals surface area contributed by atoms with Crippen molar-refractivity contribution in [1.82, 2.24) is 0 Å². The van der Waals surface area contributed by atoms with Crippen molar-refractivity contribution in [2.75, 3.05) is 12.4 Å². The first-order valence-corrected chi connectivity index (χ1v) is 8.64. The van der Waals surface area contributed by atoms with Crippen LogP contribution in [0, 0.1) is 0 Å². The van der Waals surface area contributed by atoms with Gasteiger partial charge in [0.15, 0.2) is 9.84 Å². The van der Waals surface area contributed by atoms with Gasteiger partial charge in [0.1, 0.15) is 12.4 Å². The second kappa shape index (κ2) is 6.72. The summed E-state index contributed by atoms with van der Waals surface area (Å²) in [5.74, 6) is 0.638. The van der Waals surface area contributed by atoms with Crippen molar-refractivity contribution in [3.8, 4) is 5.75 Å². The molecule has 19 heavy (non-hydrogen) atoms. The van der Waals surface area contributed by atoms with E-state index in [1.807, 2.05) is 19.1 Å². The monoisotopic (exact) mass is 349 g/mol. The molecular formula is C13H20BrNO3S. The molecule has 0 heterocycles. The zero-order valence-corrected chi connectivity index (χ0v) is 13.8. The summed E-state index contributed by atoms with van der Waals surface area (Å²) in [5, 5.41) is -0.383. The molecule has 0 saturated heterocycles. The molecular weight excluding hydrogens is 330 g/mol. The summed E-state index contributed by atoms with van der Waals surface area (Å²) in [6.45, 7) is 5.33. The molecule has 4 nitrogen and oxygen atoms in total. The van der Waals surface area contributed by atoms with Crippen LogP contribution in [0.4, 0.5) is 0 Å². The predicted molar refractivity (Wildman–Crippen MR) is 81.2 cm³/mol. The lowest BCUT2D eigenvalue weighted by Crippen LogP contribution is -2.22. The van der Waals surface area contributed by atoms with Gasteiger partial charge in [-0.25, -0.2) is 8.42 Å². The average Bonchev–Trinajstić information content (AvgIpc) is 2.28. The maximum absolute atomic E-state index is 11.7. The van der Waals surface area contributed by atoms with E-state index in [1.54, 1.807) is 19.9 Å². The van der Waals surface area contributed by atoms with Crippen LogP contribution in [-0.2, 0) is 9.84 Å². The third-order valence-corrected chi connectivity index (χ3v) is 5.48. The van der Waals surface area contributed by atoms with Gasteiger partial charge in [-0.1, -0.05) is 22.0 Å². The fraction of sp³-hybridized carbons (Fsp3) is 0.538. The standard InChI is InChI=1S/C13H20BrNO3S/c1-9(2)19(16,17)7-6-18-13-8-11(14)4-5-12(13)10(3)15/h4-5,8-10H,6-7,15H2,1-3H3. The van der Waals surface area contributed by atoms with Gasteiger partial charge in [0.25, 0.3) is 0 Å². The van der Waals surface area contributed by atoms with Gasteiger partial charge in [0.05, 0.1) is 11.0 Å². The molecule has 1 aromatic rings. The van der Waals surface area contributed by atoms with Crippen molar-refractivity contribution in [2.24, 2.45) is 5.73 Å². The molecule has 0 fully saturated rings. The molecule has 0 spiro atoms. The molecule has 0 aliphatic carbocycles. The molecule has 0 saturated carbocycles. The summed E-state index contributed by atoms with van der Waals surface area (Å²) in [7, 11) is -3.08. The molecule has 0 radical (unpaired) electrons. The average molecular weight is 350 g/mol. The van der Waals surface area contributed by atoms with E-state index in [4.69, 9.17) is 10.5 Å². The van der Waals surface area contributed by atoms with Gasteiger partial charge in [0, 0.05) is 16.1 Å². The predicted octanol–water partition coefficient (Wildman–Crippen LogP) is 2.67. The van der Waals surface area contributed by atoms with Crippen molar-refractivity contribution in [3.63, 3.8) is 0 Å². The van der Waals surface area contributed by atoms with Crippen molar-refractivity contribution in [2.45, 2.75) is 32.1 Å². The Hall–Kier alpha value is -0.590. The van der Waals surface area contributed by atoms with E-state index in [2.05, 4.69) is 15.9 Å². The van der Waals surface area contributed by atoms with Crippen LogP contribution < -0.4 is 10.5 Å². The van der Waals surface area contributed by atoms with Crippen LogP contribution in [0.5, 0.6) is 5.75 Å². The molecule has 1 atom stereocenters. The first kappa shape index (κ1) is 16.5. The molecule has 1 rings (SSSR count). The minimum Gasteiger partial charge on any atom is -0.492 e. The zero-order valence-electron chi connectivity index (χ0n) is 11.4. The highest BCUT2D eigenvalue weighted by Gasteiger charge is 2.16. The summed E-state index contributed by atoms with van der Waals surface area (Å²) in [4.78, 5) is 0. The Bertz CT molecular complexity index is 527. The molecule has 0 amide bonds. The number of hydrogen-bond acceptors (Lipinski definition) is 4. The second-order valence-corrected chi connectivity index (χ2v) is 8.33. The summed E-state index contributed by atoms with van der Waals surface area (Å²) < 4.78 is 29.8. The number of benzene rings is 1. The van der Waals surface area contributed by atoms with E-state index in [1.165, 1.54) is 0 Å². The zero-order chi connectivity index (χ0) is 14.6. The van der Waals surface area contributed by atoms with Crippen LogP contribution in [0.25, 0.3) is 0 Å². The van der Waals surface area contributed by atoms with Gasteiger partial charge >= 0.3 is 0 Å². The van der Waals surface area contributed by atoms with Crippen LogP contribution in [0.2, 0.25) is 0 Å². The van der Waals surface area contributed by atoms with Crippen LogP contribution in [0.3, 0.4) is 0 Å². The molecule has 2 N–H and O–H groups in total. The fourth-order valence-corrected chi connectivity index (χ4v) is 2.64. The highest BCUT2D eigenvalue weighted by Crippen LogP contribution is 2.27. The smallest absolute Gasteiger partial charge is 0.155 e. The number of rotatable bonds is 6. The topological polar surface area (TPSA) is 69.4 Å². The molecule has 108 valence electrons. The van der Waals surface area contributed by atoms with Gasteiger partial charge in [-0.2, -0.15) is 0 Å².